The topological polar surface area (TPSA) is 193 Å². The Morgan fingerprint density at radius 3 is 1.78 bits per heavy atom. The highest BCUT2D eigenvalue weighted by Gasteiger charge is 2.25. The van der Waals surface area contributed by atoms with E-state index in [1.807, 2.05) is 17.6 Å². The summed E-state index contributed by atoms with van der Waals surface area (Å²) < 4.78 is 60.3. The minimum absolute atomic E-state index is 0.136. The molecule has 6 aromatic heterocycles. The summed E-state index contributed by atoms with van der Waals surface area (Å²) >= 11 is 9.20. The van der Waals surface area contributed by atoms with Crippen LogP contribution in [0.2, 0.25) is 0 Å². The molecule has 0 saturated heterocycles. The summed E-state index contributed by atoms with van der Waals surface area (Å²) in [4.78, 5) is 44.2. The Bertz CT molecular complexity index is 2990. The summed E-state index contributed by atoms with van der Waals surface area (Å²) in [5.74, 6) is -0.897. The van der Waals surface area contributed by atoms with Crippen molar-refractivity contribution in [2.45, 2.75) is 23.6 Å². The first-order valence-electron chi connectivity index (χ1n) is 17.1. The maximum atomic E-state index is 13.2. The van der Waals surface area contributed by atoms with Gasteiger partial charge in [0.05, 0.1) is 34.4 Å². The van der Waals surface area contributed by atoms with Crippen LogP contribution >= 0.6 is 65.2 Å². The van der Waals surface area contributed by atoms with E-state index in [9.17, 15) is 26.4 Å². The molecule has 0 unspecified atom stereocenters. The molecule has 0 aliphatic rings. The van der Waals surface area contributed by atoms with E-state index in [2.05, 4.69) is 56.8 Å². The maximum Gasteiger partial charge on any atom is 0.367 e. The molecule has 14 nitrogen and oxygen atoms in total. The van der Waals surface area contributed by atoms with Gasteiger partial charge in [-0.1, -0.05) is 36.4 Å². The molecule has 0 radical (unpaired) electrons. The lowest BCUT2D eigenvalue weighted by Crippen LogP contribution is -2.12. The third-order valence-corrected chi connectivity index (χ3v) is 13.4. The lowest BCUT2D eigenvalue weighted by atomic mass is 10.2. The highest BCUT2D eigenvalue weighted by molar-refractivity contribution is 9.10. The molecule has 8 rings (SSSR count). The summed E-state index contributed by atoms with van der Waals surface area (Å²) in [5.41, 5.74) is 3.75. The number of hydrogen-bond acceptors (Lipinski definition) is 14. The molecule has 0 aliphatic heterocycles. The van der Waals surface area contributed by atoms with Crippen LogP contribution in [-0.4, -0.2) is 70.9 Å². The zero-order valence-electron chi connectivity index (χ0n) is 30.6. The minimum atomic E-state index is -3.86. The third-order valence-electron chi connectivity index (χ3n) is 7.86. The summed E-state index contributed by atoms with van der Waals surface area (Å²) in [6.45, 7) is 4.09. The fourth-order valence-corrected chi connectivity index (χ4v) is 9.51. The van der Waals surface area contributed by atoms with Crippen molar-refractivity contribution in [2.24, 2.45) is 0 Å². The number of H-pyrrole nitrogens is 1. The lowest BCUT2D eigenvalue weighted by Gasteiger charge is -2.06. The summed E-state index contributed by atoms with van der Waals surface area (Å²) in [6, 6.07) is 19.7. The molecule has 59 heavy (non-hydrogen) atoms. The molecule has 0 atom stereocenters. The van der Waals surface area contributed by atoms with Gasteiger partial charge in [0.2, 0.25) is 10.0 Å². The molecule has 8 aromatic rings. The van der Waals surface area contributed by atoms with Crippen molar-refractivity contribution in [1.82, 2.24) is 28.9 Å². The van der Waals surface area contributed by atoms with E-state index in [1.165, 1.54) is 48.0 Å². The van der Waals surface area contributed by atoms with Crippen molar-refractivity contribution in [3.63, 3.8) is 0 Å². The molecular formula is C38H29Br2ClN6O8S4. The Kier molecular flexibility index (Phi) is 14.1. The van der Waals surface area contributed by atoms with E-state index in [0.29, 0.717) is 32.7 Å². The van der Waals surface area contributed by atoms with Gasteiger partial charge in [-0.05, 0) is 82.1 Å². The van der Waals surface area contributed by atoms with E-state index in [1.54, 1.807) is 67.9 Å². The number of aromatic nitrogens is 6. The van der Waals surface area contributed by atoms with Gasteiger partial charge in [-0.25, -0.2) is 50.3 Å². The van der Waals surface area contributed by atoms with Crippen LogP contribution in [0.1, 0.15) is 33.5 Å². The number of halogens is 3. The molecule has 21 heteroatoms. The Morgan fingerprint density at radius 2 is 1.25 bits per heavy atom. The summed E-state index contributed by atoms with van der Waals surface area (Å²) in [6.07, 6.45) is 6.59. The first-order chi connectivity index (χ1) is 28.2. The van der Waals surface area contributed by atoms with Gasteiger partial charge >= 0.3 is 11.9 Å². The smallest absolute Gasteiger partial charge is 0.367 e. The van der Waals surface area contributed by atoms with E-state index in [-0.39, 0.29) is 33.0 Å². The highest BCUT2D eigenvalue weighted by atomic mass is 79.9. The third kappa shape index (κ3) is 10.3. The molecule has 0 spiro atoms. The SMILES string of the molecule is CCOC(=O)c1nc(-c2c[nH]c3ncc(Br)cc23)cs1.CCOC(=O)c1nc(-c2cn(S(=O)(=O)c3ccccc3)c3ncc(Br)cc23)cs1.O=S(=O)(Cl)c1ccccc1. The van der Waals surface area contributed by atoms with Gasteiger partial charge < -0.3 is 14.5 Å². The Balaban J connectivity index is 0.000000168. The average molecular weight is 1020 g/mol. The molecule has 2 aromatic carbocycles. The Hall–Kier alpha value is -4.83. The molecule has 0 bridgehead atoms. The first kappa shape index (κ1) is 43.7. The van der Waals surface area contributed by atoms with Crippen molar-refractivity contribution in [2.75, 3.05) is 13.2 Å². The number of fused-ring (bicyclic) bond motifs is 2. The van der Waals surface area contributed by atoms with Gasteiger partial charge in [-0.2, -0.15) is 0 Å². The maximum absolute atomic E-state index is 13.2. The number of nitrogens with zero attached hydrogens (tertiary/aromatic N) is 5. The van der Waals surface area contributed by atoms with E-state index in [4.69, 9.17) is 20.2 Å². The molecule has 0 fully saturated rings. The fourth-order valence-electron chi connectivity index (χ4n) is 5.29. The molecule has 6 heterocycles. The second kappa shape index (κ2) is 19.0. The number of carbonyl (C=O) groups excluding carboxylic acids is 2. The fraction of sp³-hybridized carbons (Fsp3) is 0.105. The monoisotopic (exact) mass is 1020 g/mol. The van der Waals surface area contributed by atoms with E-state index < -0.39 is 25.0 Å². The first-order valence-corrected chi connectivity index (χ1v) is 24.2. The zero-order chi connectivity index (χ0) is 42.3. The predicted molar refractivity (Wildman–Crippen MR) is 234 cm³/mol. The van der Waals surface area contributed by atoms with Crippen LogP contribution in [0.4, 0.5) is 0 Å². The number of hydrogen-bond donors (Lipinski definition) is 1. The van der Waals surface area contributed by atoms with Crippen molar-refractivity contribution in [3.8, 4) is 22.5 Å². The van der Waals surface area contributed by atoms with E-state index in [0.717, 1.165) is 42.1 Å². The number of nitrogens with one attached hydrogen (secondary N) is 1. The molecule has 0 aliphatic carbocycles. The number of pyridine rings is 2. The predicted octanol–water partition coefficient (Wildman–Crippen LogP) is 9.58. The van der Waals surface area contributed by atoms with Gasteiger partial charge in [-0.15, -0.1) is 22.7 Å². The van der Waals surface area contributed by atoms with Crippen molar-refractivity contribution < 1.29 is 35.9 Å². The second-order valence-electron chi connectivity index (χ2n) is 11.7. The van der Waals surface area contributed by atoms with Crippen LogP contribution in [0.25, 0.3) is 44.6 Å². The average Bonchev–Trinajstić information content (AvgIpc) is 4.05. The molecule has 304 valence electrons. The van der Waals surface area contributed by atoms with Gasteiger partial charge in [0.25, 0.3) is 19.1 Å². The number of carbonyl (C=O) groups is 2. The van der Waals surface area contributed by atoms with Crippen LogP contribution in [0.15, 0.2) is 127 Å². The normalized spacial score (nSPS) is 11.3. The van der Waals surface area contributed by atoms with Gasteiger partial charge in [-0.3, -0.25) is 0 Å². The van der Waals surface area contributed by atoms with Gasteiger partial charge in [0, 0.05) is 77.1 Å². The highest BCUT2D eigenvalue weighted by Crippen LogP contribution is 2.35. The standard InChI is InChI=1S/C19H14BrN3O4S2.C13H10BrN3O2S.C6H5ClO2S/c1-2-27-19(24)18-22-16(11-28-18)15-10-23(17-14(15)8-12(20)9-21-17)29(25,26)13-6-4-3-5-7-13;1-2-19-13(18)12-17-10(6-20-12)9-5-16-11-8(9)3-7(14)4-15-11;7-10(8,9)6-4-2-1-3-5-6/h3-11H,2H2,1H3;3-6H,2H2,1H3,(H,15,16);1-5H. The quantitative estimate of drug-likeness (QED) is 0.106. The molecule has 1 N–H and O–H groups in total. The summed E-state index contributed by atoms with van der Waals surface area (Å²) in [5, 5.41) is 5.66. The molecule has 0 saturated carbocycles. The van der Waals surface area contributed by atoms with Crippen molar-refractivity contribution >= 4 is 118 Å². The number of benzene rings is 2. The Morgan fingerprint density at radius 1 is 0.746 bits per heavy atom. The van der Waals surface area contributed by atoms with Gasteiger partial charge in [0.15, 0.2) is 5.65 Å². The number of esters is 2. The van der Waals surface area contributed by atoms with E-state index >= 15 is 0 Å². The van der Waals surface area contributed by atoms with Crippen LogP contribution in [0.5, 0.6) is 0 Å². The van der Waals surface area contributed by atoms with Crippen molar-refractivity contribution in [3.05, 3.63) is 127 Å². The molecule has 0 amide bonds. The largest absolute Gasteiger partial charge is 0.461 e. The second-order valence-corrected chi connectivity index (χ2v) is 19.6. The number of thiazole rings is 2. The van der Waals surface area contributed by atoms with Gasteiger partial charge in [0.1, 0.15) is 5.65 Å². The Labute approximate surface area is 367 Å². The summed E-state index contributed by atoms with van der Waals surface area (Å²) in [7, 11) is -2.36. The number of aromatic amines is 1. The van der Waals surface area contributed by atoms with Crippen molar-refractivity contribution in [1.29, 1.82) is 0 Å². The van der Waals surface area contributed by atoms with Crippen LogP contribution in [-0.2, 0) is 28.5 Å². The molecular weight excluding hydrogens is 992 g/mol. The van der Waals surface area contributed by atoms with Crippen LogP contribution in [0, 0.1) is 0 Å². The zero-order valence-corrected chi connectivity index (χ0v) is 37.8. The number of rotatable bonds is 9. The van der Waals surface area contributed by atoms with Crippen LogP contribution < -0.4 is 0 Å². The lowest BCUT2D eigenvalue weighted by molar-refractivity contribution is 0.0516. The number of ether oxygens (including phenoxy) is 2. The minimum Gasteiger partial charge on any atom is -0.461 e. The van der Waals surface area contributed by atoms with Crippen LogP contribution in [0.3, 0.4) is 0 Å².